The highest BCUT2D eigenvalue weighted by Crippen LogP contribution is 2.27. The van der Waals surface area contributed by atoms with Crippen LogP contribution in [0.15, 0.2) is 24.3 Å². The van der Waals surface area contributed by atoms with E-state index < -0.39 is 12.6 Å². The summed E-state index contributed by atoms with van der Waals surface area (Å²) >= 11 is 0. The van der Waals surface area contributed by atoms with Gasteiger partial charge in [-0.1, -0.05) is 12.1 Å². The minimum absolute atomic E-state index is 0.452. The van der Waals surface area contributed by atoms with Gasteiger partial charge in [-0.2, -0.15) is 0 Å². The zero-order chi connectivity index (χ0) is 12.4. The first kappa shape index (κ1) is 11.4. The molecule has 0 radical (unpaired) electrons. The molecule has 1 heterocycles. The molecule has 0 aliphatic carbocycles. The molecule has 88 valence electrons. The molecule has 0 amide bonds. The predicted molar refractivity (Wildman–Crippen MR) is 61.7 cm³/mol. The van der Waals surface area contributed by atoms with Crippen LogP contribution >= 0.6 is 0 Å². The Balaban J connectivity index is 2.54. The summed E-state index contributed by atoms with van der Waals surface area (Å²) in [7, 11) is 0. The van der Waals surface area contributed by atoms with Crippen molar-refractivity contribution >= 4 is 16.9 Å². The van der Waals surface area contributed by atoms with Gasteiger partial charge in [0.25, 0.3) is 0 Å². The second kappa shape index (κ2) is 4.41. The first-order chi connectivity index (χ1) is 8.08. The van der Waals surface area contributed by atoms with Crippen LogP contribution in [0.25, 0.3) is 10.9 Å². The van der Waals surface area contributed by atoms with Gasteiger partial charge in [0, 0.05) is 17.1 Å². The molecule has 0 aliphatic rings. The summed E-state index contributed by atoms with van der Waals surface area (Å²) in [5.41, 5.74) is 2.66. The molecule has 4 nitrogen and oxygen atoms in total. The first-order valence-electron chi connectivity index (χ1n) is 5.27. The van der Waals surface area contributed by atoms with E-state index in [0.717, 1.165) is 22.2 Å². The number of benzene rings is 1. The van der Waals surface area contributed by atoms with Gasteiger partial charge in [0.05, 0.1) is 11.5 Å². The summed E-state index contributed by atoms with van der Waals surface area (Å²) < 4.78 is 5.21. The van der Waals surface area contributed by atoms with Crippen LogP contribution in [-0.4, -0.2) is 17.6 Å². The van der Waals surface area contributed by atoms with Crippen molar-refractivity contribution in [2.75, 3.05) is 6.61 Å². The molecule has 2 rings (SSSR count). The van der Waals surface area contributed by atoms with Gasteiger partial charge in [-0.25, -0.2) is 0 Å². The van der Waals surface area contributed by atoms with Crippen molar-refractivity contribution in [2.24, 2.45) is 0 Å². The molecule has 1 aromatic carbocycles. The fraction of sp³-hybridized carbons (Fsp3) is 0.231. The lowest BCUT2D eigenvalue weighted by molar-refractivity contribution is -0.307. The summed E-state index contributed by atoms with van der Waals surface area (Å²) in [6.45, 7) is 3.35. The normalized spacial score (nSPS) is 10.5. The maximum absolute atomic E-state index is 10.4. The van der Waals surface area contributed by atoms with E-state index in [2.05, 4.69) is 4.98 Å². The Labute approximate surface area is 98.9 Å². The van der Waals surface area contributed by atoms with Crippen molar-refractivity contribution in [2.45, 2.75) is 13.8 Å². The van der Waals surface area contributed by atoms with Crippen molar-refractivity contribution in [1.82, 2.24) is 4.98 Å². The highest BCUT2D eigenvalue weighted by Gasteiger charge is 2.06. The Morgan fingerprint density at radius 3 is 2.88 bits per heavy atom. The molecule has 0 aliphatic heterocycles. The molecule has 0 saturated carbocycles. The molecule has 17 heavy (non-hydrogen) atoms. The number of carbonyl (C=O) groups is 1. The van der Waals surface area contributed by atoms with E-state index >= 15 is 0 Å². The second-order valence-electron chi connectivity index (χ2n) is 3.89. The third-order valence-corrected chi connectivity index (χ3v) is 2.48. The molecule has 0 bridgehead atoms. The van der Waals surface area contributed by atoms with Crippen LogP contribution in [0.3, 0.4) is 0 Å². The van der Waals surface area contributed by atoms with Crippen molar-refractivity contribution in [3.63, 3.8) is 0 Å². The van der Waals surface area contributed by atoms with Crippen LogP contribution < -0.4 is 9.84 Å². The zero-order valence-corrected chi connectivity index (χ0v) is 9.69. The minimum Gasteiger partial charge on any atom is -0.546 e. The summed E-state index contributed by atoms with van der Waals surface area (Å²) in [5.74, 6) is -0.708. The number of carboxylic acids is 1. The van der Waals surface area contributed by atoms with E-state index in [9.17, 15) is 9.90 Å². The number of carbonyl (C=O) groups excluding carboxylic acids is 1. The molecule has 0 unspecified atom stereocenters. The third kappa shape index (κ3) is 2.36. The number of carboxylic acid groups (broad SMARTS) is 1. The quantitative estimate of drug-likeness (QED) is 0.788. The molecule has 0 spiro atoms. The van der Waals surface area contributed by atoms with Gasteiger partial charge in [0.2, 0.25) is 0 Å². The number of rotatable bonds is 3. The van der Waals surface area contributed by atoms with Gasteiger partial charge >= 0.3 is 0 Å². The summed E-state index contributed by atoms with van der Waals surface area (Å²) in [6, 6.07) is 7.43. The Hall–Kier alpha value is -2.10. The number of aryl methyl sites for hydroxylation is 2. The fourth-order valence-electron chi connectivity index (χ4n) is 1.74. The van der Waals surface area contributed by atoms with Crippen LogP contribution in [0, 0.1) is 13.8 Å². The molecule has 2 aromatic rings. The molecule has 0 N–H and O–H groups in total. The van der Waals surface area contributed by atoms with Gasteiger partial charge in [0.1, 0.15) is 12.4 Å². The van der Waals surface area contributed by atoms with Gasteiger partial charge in [0.15, 0.2) is 0 Å². The number of nitrogens with zero attached hydrogens (tertiary/aromatic N) is 1. The van der Waals surface area contributed by atoms with E-state index in [-0.39, 0.29) is 0 Å². The molecule has 0 atom stereocenters. The number of para-hydroxylation sites is 1. The van der Waals surface area contributed by atoms with Crippen LogP contribution in [-0.2, 0) is 4.79 Å². The van der Waals surface area contributed by atoms with E-state index in [4.69, 9.17) is 4.74 Å². The van der Waals surface area contributed by atoms with Gasteiger partial charge in [-0.15, -0.1) is 0 Å². The summed E-state index contributed by atoms with van der Waals surface area (Å²) in [5, 5.41) is 11.2. The average Bonchev–Trinajstić information content (AvgIpc) is 2.27. The largest absolute Gasteiger partial charge is 0.546 e. The van der Waals surface area contributed by atoms with E-state index in [1.54, 1.807) is 6.07 Å². The fourth-order valence-corrected chi connectivity index (χ4v) is 1.74. The number of hydrogen-bond acceptors (Lipinski definition) is 4. The molecule has 4 heteroatoms. The van der Waals surface area contributed by atoms with Crippen molar-refractivity contribution in [1.29, 1.82) is 0 Å². The van der Waals surface area contributed by atoms with Crippen LogP contribution in [0.1, 0.15) is 11.3 Å². The topological polar surface area (TPSA) is 62.2 Å². The van der Waals surface area contributed by atoms with Gasteiger partial charge < -0.3 is 14.6 Å². The van der Waals surface area contributed by atoms with Crippen LogP contribution in [0.4, 0.5) is 0 Å². The number of hydrogen-bond donors (Lipinski definition) is 0. The van der Waals surface area contributed by atoms with Crippen LogP contribution in [0.5, 0.6) is 5.75 Å². The molecule has 0 saturated heterocycles. The van der Waals surface area contributed by atoms with Crippen molar-refractivity contribution in [3.8, 4) is 5.75 Å². The lowest BCUT2D eigenvalue weighted by atomic mass is 10.1. The third-order valence-electron chi connectivity index (χ3n) is 2.48. The van der Waals surface area contributed by atoms with Gasteiger partial charge in [-0.05, 0) is 25.5 Å². The Bertz CT molecular complexity index is 578. The van der Waals surface area contributed by atoms with E-state index in [1.807, 2.05) is 32.0 Å². The number of fused-ring (bicyclic) bond motifs is 1. The molecular weight excluding hydrogens is 218 g/mol. The number of pyridine rings is 1. The number of aliphatic carboxylic acids is 1. The number of aromatic nitrogens is 1. The van der Waals surface area contributed by atoms with Crippen molar-refractivity contribution < 1.29 is 14.6 Å². The Kier molecular flexibility index (Phi) is 2.95. The summed E-state index contributed by atoms with van der Waals surface area (Å²) in [6.07, 6.45) is 0. The lowest BCUT2D eigenvalue weighted by Gasteiger charge is -2.11. The predicted octanol–water partition coefficient (Wildman–Crippen LogP) is 0.980. The van der Waals surface area contributed by atoms with Gasteiger partial charge in [-0.3, -0.25) is 4.98 Å². The summed E-state index contributed by atoms with van der Waals surface area (Å²) in [4.78, 5) is 14.8. The Morgan fingerprint density at radius 1 is 1.41 bits per heavy atom. The zero-order valence-electron chi connectivity index (χ0n) is 9.69. The lowest BCUT2D eigenvalue weighted by Crippen LogP contribution is -2.29. The smallest absolute Gasteiger partial charge is 0.131 e. The van der Waals surface area contributed by atoms with E-state index in [1.165, 1.54) is 0 Å². The number of ether oxygens (including phenoxy) is 1. The highest BCUT2D eigenvalue weighted by molar-refractivity contribution is 5.87. The van der Waals surface area contributed by atoms with Crippen molar-refractivity contribution in [3.05, 3.63) is 35.5 Å². The first-order valence-corrected chi connectivity index (χ1v) is 5.27. The monoisotopic (exact) mass is 230 g/mol. The molecule has 1 aromatic heterocycles. The molecule has 0 fully saturated rings. The maximum Gasteiger partial charge on any atom is 0.131 e. The van der Waals surface area contributed by atoms with Crippen LogP contribution in [0.2, 0.25) is 0 Å². The van der Waals surface area contributed by atoms with E-state index in [0.29, 0.717) is 5.75 Å². The SMILES string of the molecule is Cc1cc(OCC(=O)[O-])c2cccc(C)c2n1. The second-order valence-corrected chi connectivity index (χ2v) is 3.89. The Morgan fingerprint density at radius 2 is 2.18 bits per heavy atom. The average molecular weight is 230 g/mol. The maximum atomic E-state index is 10.4. The minimum atomic E-state index is -1.24. The standard InChI is InChI=1S/C13H13NO3/c1-8-4-3-5-10-11(17-7-12(15)16)6-9(2)14-13(8)10/h3-6H,7H2,1-2H3,(H,15,16)/p-1. The highest BCUT2D eigenvalue weighted by atomic mass is 16.5. The molecular formula is C13H12NO3-.